The van der Waals surface area contributed by atoms with Crippen LogP contribution in [-0.2, 0) is 99.3 Å². The molecule has 0 saturated carbocycles. The van der Waals surface area contributed by atoms with Crippen molar-refractivity contribution < 1.29 is 86.5 Å². The van der Waals surface area contributed by atoms with E-state index < -0.39 is 0 Å². The summed E-state index contributed by atoms with van der Waals surface area (Å²) >= 11 is 3.42. The van der Waals surface area contributed by atoms with Crippen LogP contribution in [0.1, 0.15) is 11.1 Å². The summed E-state index contributed by atoms with van der Waals surface area (Å²) in [4.78, 5) is 8.04. The zero-order chi connectivity index (χ0) is 10.8. The van der Waals surface area contributed by atoms with E-state index in [2.05, 4.69) is 43.9 Å². The minimum atomic E-state index is 0. The van der Waals surface area contributed by atoms with E-state index in [1.807, 2.05) is 0 Å². The molecule has 0 fully saturated rings. The molecule has 21 heavy (non-hydrogen) atoms. The average molecular weight is 636 g/mol. The normalized spacial score (nSPS) is 11.0. The molecular formula is C14H14N2S2WY2-2. The number of aliphatic imine (C=N–C) groups is 2. The van der Waals surface area contributed by atoms with Crippen LogP contribution in [0.15, 0.2) is 31.5 Å². The van der Waals surface area contributed by atoms with E-state index in [0.717, 1.165) is 24.2 Å². The van der Waals surface area contributed by atoms with Crippen LogP contribution in [0.25, 0.3) is 0 Å². The Kier molecular flexibility index (Phi) is 18.3. The van der Waals surface area contributed by atoms with Gasteiger partial charge in [-0.25, -0.2) is 0 Å². The summed E-state index contributed by atoms with van der Waals surface area (Å²) in [7, 11) is 0. The maximum Gasteiger partial charge on any atom is 2.00 e. The van der Waals surface area contributed by atoms with Crippen LogP contribution in [0.3, 0.4) is 0 Å². The van der Waals surface area contributed by atoms with Crippen LogP contribution >= 0.6 is 22.7 Å². The van der Waals surface area contributed by atoms with Gasteiger partial charge in [0.05, 0.1) is 0 Å². The molecule has 0 aliphatic carbocycles. The molecule has 0 N–H and O–H groups in total. The van der Waals surface area contributed by atoms with E-state index in [0.29, 0.717) is 0 Å². The topological polar surface area (TPSA) is 24.7 Å². The summed E-state index contributed by atoms with van der Waals surface area (Å²) in [6.07, 6.45) is 7.63. The Morgan fingerprint density at radius 3 is 1.48 bits per heavy atom. The monoisotopic (exact) mass is 636 g/mol. The van der Waals surface area contributed by atoms with E-state index in [1.165, 1.54) is 11.1 Å². The Morgan fingerprint density at radius 1 is 0.762 bits per heavy atom. The van der Waals surface area contributed by atoms with Crippen LogP contribution < -0.4 is 0 Å². The van der Waals surface area contributed by atoms with Gasteiger partial charge in [-0.1, -0.05) is 35.0 Å². The van der Waals surface area contributed by atoms with Gasteiger partial charge in [0.2, 0.25) is 0 Å². The van der Waals surface area contributed by atoms with Crippen LogP contribution in [0.2, 0.25) is 0 Å². The Balaban J connectivity index is -0.000000249. The van der Waals surface area contributed by atoms with Crippen molar-refractivity contribution in [2.75, 3.05) is 0 Å². The molecular weight excluding hydrogens is 622 g/mol. The van der Waals surface area contributed by atoms with Gasteiger partial charge < -0.3 is 24.8 Å². The molecule has 0 spiro atoms. The third-order valence-electron chi connectivity index (χ3n) is 2.38. The van der Waals surface area contributed by atoms with Crippen LogP contribution in [-0.4, -0.2) is 12.4 Å². The Hall–Kier alpha value is 1.64. The van der Waals surface area contributed by atoms with Crippen molar-refractivity contribution >= 4 is 46.5 Å². The molecule has 0 atom stereocenters. The Bertz CT molecular complexity index is 515. The third-order valence-corrected chi connectivity index (χ3v) is 3.94. The minimum Gasteiger partial charge on any atom is -0.455 e. The molecule has 106 valence electrons. The summed E-state index contributed by atoms with van der Waals surface area (Å²) in [5.74, 6) is 0. The molecule has 0 amide bonds. The standard InChI is InChI=1S/2C6H4NS.2CH3.W.2Y/c2*1-2-7-6-4-8-3-5(1)6;;;;;/h2*3-4H,1H2;2*1H3;;;/q4*-1;+2;;. The third kappa shape index (κ3) is 7.37. The predicted octanol–water partition coefficient (Wildman–Crippen LogP) is 4.66. The van der Waals surface area contributed by atoms with E-state index in [-0.39, 0.29) is 101 Å². The van der Waals surface area contributed by atoms with E-state index in [4.69, 9.17) is 0 Å². The molecule has 7 heteroatoms. The van der Waals surface area contributed by atoms with Crippen molar-refractivity contribution in [2.24, 2.45) is 9.98 Å². The van der Waals surface area contributed by atoms with Gasteiger partial charge in [0.25, 0.3) is 0 Å². The fraction of sp³-hybridized carbons (Fsp3) is 0.143. The number of nitrogens with zero attached hydrogens (tertiary/aromatic N) is 2. The summed E-state index contributed by atoms with van der Waals surface area (Å²) in [5, 5.41) is 8.35. The minimum absolute atomic E-state index is 0. The van der Waals surface area contributed by atoms with E-state index >= 15 is 0 Å². The van der Waals surface area contributed by atoms with Crippen LogP contribution in [0, 0.1) is 14.9 Å². The van der Waals surface area contributed by atoms with E-state index in [1.54, 1.807) is 22.7 Å². The molecule has 0 aromatic carbocycles. The number of hydrogen-bond donors (Lipinski definition) is 0. The molecule has 0 bridgehead atoms. The first-order chi connectivity index (χ1) is 7.93. The summed E-state index contributed by atoms with van der Waals surface area (Å²) in [6, 6.07) is 0. The first-order valence-corrected chi connectivity index (χ1v) is 6.79. The first-order valence-electron chi connectivity index (χ1n) is 4.91. The van der Waals surface area contributed by atoms with Gasteiger partial charge in [0.1, 0.15) is 0 Å². The van der Waals surface area contributed by atoms with Crippen LogP contribution in [0.5, 0.6) is 0 Å². The fourth-order valence-corrected chi connectivity index (χ4v) is 3.05. The van der Waals surface area contributed by atoms with Gasteiger partial charge in [-0.05, 0) is 10.8 Å². The molecule has 2 aliphatic rings. The van der Waals surface area contributed by atoms with Gasteiger partial charge in [-0.2, -0.15) is 35.1 Å². The van der Waals surface area contributed by atoms with Crippen molar-refractivity contribution in [3.05, 3.63) is 47.5 Å². The maximum absolute atomic E-state index is 4.02. The van der Waals surface area contributed by atoms with Gasteiger partial charge in [0.15, 0.2) is 0 Å². The number of fused-ring (bicyclic) bond motifs is 2. The van der Waals surface area contributed by atoms with Crippen molar-refractivity contribution in [2.45, 2.75) is 12.8 Å². The molecule has 2 nitrogen and oxygen atoms in total. The van der Waals surface area contributed by atoms with Crippen molar-refractivity contribution in [1.29, 1.82) is 0 Å². The predicted molar refractivity (Wildman–Crippen MR) is 83.1 cm³/mol. The Morgan fingerprint density at radius 2 is 1.14 bits per heavy atom. The van der Waals surface area contributed by atoms with Crippen molar-refractivity contribution in [3.63, 3.8) is 0 Å². The fourth-order valence-electron chi connectivity index (χ4n) is 1.51. The number of hydrogen-bond acceptors (Lipinski definition) is 4. The average Bonchev–Trinajstić information content (AvgIpc) is 2.99. The summed E-state index contributed by atoms with van der Waals surface area (Å²) in [6.45, 7) is 0. The molecule has 4 heterocycles. The smallest absolute Gasteiger partial charge is 0.455 e. The molecule has 0 saturated heterocycles. The molecule has 4 rings (SSSR count). The van der Waals surface area contributed by atoms with Gasteiger partial charge >= 0.3 is 21.1 Å². The van der Waals surface area contributed by atoms with Gasteiger partial charge in [0, 0.05) is 65.4 Å². The molecule has 2 aromatic rings. The molecule has 2 aromatic heterocycles. The quantitative estimate of drug-likeness (QED) is 0.377. The second-order valence-corrected chi connectivity index (χ2v) is 4.95. The SMILES string of the molecule is [C-]1=Nc2cscc2C1.[C-]1=Nc2cscc2C1.[CH3-].[CH3-].[W+2].[Y].[Y]. The van der Waals surface area contributed by atoms with Gasteiger partial charge in [-0.3, -0.25) is 0 Å². The van der Waals surface area contributed by atoms with Crippen molar-refractivity contribution in [3.8, 4) is 0 Å². The Labute approximate surface area is 200 Å². The summed E-state index contributed by atoms with van der Waals surface area (Å²) in [5.41, 5.74) is 4.90. The maximum atomic E-state index is 4.02. The largest absolute Gasteiger partial charge is 2.00 e. The van der Waals surface area contributed by atoms with Gasteiger partial charge in [-0.15, -0.1) is 11.1 Å². The first kappa shape index (κ1) is 27.5. The second kappa shape index (κ2) is 14.0. The zero-order valence-corrected chi connectivity index (χ0v) is 22.2. The molecule has 2 radical (unpaired) electrons. The van der Waals surface area contributed by atoms with Crippen molar-refractivity contribution in [1.82, 2.24) is 0 Å². The summed E-state index contributed by atoms with van der Waals surface area (Å²) < 4.78 is 0. The van der Waals surface area contributed by atoms with E-state index in [9.17, 15) is 0 Å². The number of rotatable bonds is 0. The molecule has 2 aliphatic heterocycles. The second-order valence-electron chi connectivity index (χ2n) is 3.46. The molecule has 0 unspecified atom stereocenters. The zero-order valence-electron chi connectivity index (χ0n) is 12.0. The van der Waals surface area contributed by atoms with Crippen LogP contribution in [0.4, 0.5) is 11.4 Å². The number of thiophene rings is 2.